The maximum absolute atomic E-state index is 4.95. The van der Waals surface area contributed by atoms with Crippen LogP contribution < -0.4 is 20.0 Å². The lowest BCUT2D eigenvalue weighted by Crippen LogP contribution is -2.31. The quantitative estimate of drug-likeness (QED) is 0.133. The van der Waals surface area contributed by atoms with Crippen LogP contribution in [0.4, 0.5) is 34.1 Å². The van der Waals surface area contributed by atoms with E-state index in [1.165, 1.54) is 85.1 Å². The van der Waals surface area contributed by atoms with Crippen molar-refractivity contribution in [2.45, 2.75) is 72.3 Å². The molecular weight excluding hydrogens is 861 g/mol. The number of benzene rings is 5. The molecule has 5 atom stereocenters. The van der Waals surface area contributed by atoms with Gasteiger partial charge in [0.15, 0.2) is 0 Å². The Morgan fingerprint density at radius 3 is 1.92 bits per heavy atom. The van der Waals surface area contributed by atoms with Gasteiger partial charge in [-0.15, -0.1) is 0 Å². The van der Waals surface area contributed by atoms with E-state index in [-0.39, 0.29) is 6.04 Å². The molecule has 1 heterocycles. The number of nitrogens with zero attached hydrogens (tertiary/aromatic N) is 3. The third-order valence-electron chi connectivity index (χ3n) is 15.0. The normalized spacial score (nSPS) is 22.3. The van der Waals surface area contributed by atoms with E-state index < -0.39 is 0 Å². The molecule has 71 heavy (non-hydrogen) atoms. The van der Waals surface area contributed by atoms with Gasteiger partial charge in [0.25, 0.3) is 0 Å². The number of hydrogen-bond donors (Lipinski definition) is 1. The molecule has 2 fully saturated rings. The predicted molar refractivity (Wildman–Crippen MR) is 301 cm³/mol. The Bertz CT molecular complexity index is 3070. The van der Waals surface area contributed by atoms with Gasteiger partial charge in [-0.1, -0.05) is 122 Å². The summed E-state index contributed by atoms with van der Waals surface area (Å²) in [5.41, 5.74) is 21.1. The Morgan fingerprint density at radius 1 is 0.662 bits per heavy atom. The minimum Gasteiger partial charge on any atom is -0.359 e. The second-order valence-corrected chi connectivity index (χ2v) is 20.5. The van der Waals surface area contributed by atoms with Gasteiger partial charge in [0.2, 0.25) is 0 Å². The molecule has 0 aromatic heterocycles. The Hall–Kier alpha value is -7.56. The van der Waals surface area contributed by atoms with E-state index in [4.69, 9.17) is 6.58 Å². The summed E-state index contributed by atoms with van der Waals surface area (Å²) in [5.74, 6) is 2.67. The van der Waals surface area contributed by atoms with Gasteiger partial charge < -0.3 is 20.0 Å². The molecule has 6 aliphatic carbocycles. The Morgan fingerprint density at radius 2 is 1.28 bits per heavy atom. The van der Waals surface area contributed by atoms with Crippen LogP contribution >= 0.6 is 0 Å². The number of rotatable bonds is 11. The average Bonchev–Trinajstić information content (AvgIpc) is 4.29. The second-order valence-electron chi connectivity index (χ2n) is 20.5. The maximum atomic E-state index is 4.95. The number of nitrogens with one attached hydrogen (secondary N) is 1. The molecule has 1 aliphatic heterocycles. The molecule has 0 bridgehead atoms. The van der Waals surface area contributed by atoms with Crippen molar-refractivity contribution in [2.75, 3.05) is 20.0 Å². The van der Waals surface area contributed by atoms with E-state index in [0.717, 1.165) is 61.0 Å². The molecule has 0 amide bonds. The summed E-state index contributed by atoms with van der Waals surface area (Å²) in [7, 11) is 0. The highest BCUT2D eigenvalue weighted by Crippen LogP contribution is 2.61. The molecule has 5 unspecified atom stereocenters. The molecule has 5 aromatic carbocycles. The molecule has 0 spiro atoms. The van der Waals surface area contributed by atoms with Gasteiger partial charge in [-0.05, 0) is 196 Å². The van der Waals surface area contributed by atoms with Crippen molar-refractivity contribution in [1.29, 1.82) is 0 Å². The van der Waals surface area contributed by atoms with Crippen LogP contribution in [0.5, 0.6) is 0 Å². The lowest BCUT2D eigenvalue weighted by Gasteiger charge is -2.33. The summed E-state index contributed by atoms with van der Waals surface area (Å²) in [4.78, 5) is 7.47. The van der Waals surface area contributed by atoms with Gasteiger partial charge in [0.05, 0.1) is 6.04 Å². The van der Waals surface area contributed by atoms with Crippen molar-refractivity contribution in [1.82, 2.24) is 0 Å². The van der Waals surface area contributed by atoms with Gasteiger partial charge in [-0.3, -0.25) is 0 Å². The monoisotopic (exact) mass is 927 g/mol. The van der Waals surface area contributed by atoms with Crippen molar-refractivity contribution >= 4 is 34.1 Å². The fourth-order valence-corrected chi connectivity index (χ4v) is 11.2. The molecule has 0 saturated heterocycles. The van der Waals surface area contributed by atoms with Gasteiger partial charge in [-0.2, -0.15) is 0 Å². The van der Waals surface area contributed by atoms with E-state index in [2.05, 4.69) is 254 Å². The Balaban J connectivity index is 0.000000617. The third kappa shape index (κ3) is 10.1. The minimum atomic E-state index is 0.0564. The summed E-state index contributed by atoms with van der Waals surface area (Å²) in [6.07, 6.45) is 38.2. The predicted octanol–water partition coefficient (Wildman–Crippen LogP) is 17.2. The number of anilines is 6. The smallest absolute Gasteiger partial charge is 0.0624 e. The first-order valence-corrected chi connectivity index (χ1v) is 25.8. The Kier molecular flexibility index (Phi) is 12.9. The van der Waals surface area contributed by atoms with Crippen molar-refractivity contribution in [2.24, 2.45) is 23.7 Å². The molecular formula is C67H66N4. The van der Waals surface area contributed by atoms with Gasteiger partial charge in [-0.25, -0.2) is 0 Å². The zero-order valence-corrected chi connectivity index (χ0v) is 41.8. The van der Waals surface area contributed by atoms with Crippen LogP contribution in [-0.2, 0) is 0 Å². The maximum Gasteiger partial charge on any atom is 0.0624 e. The first-order chi connectivity index (χ1) is 34.7. The number of fused-ring (bicyclic) bond motifs is 4. The van der Waals surface area contributed by atoms with Crippen molar-refractivity contribution in [3.63, 3.8) is 0 Å². The summed E-state index contributed by atoms with van der Waals surface area (Å²) < 4.78 is 0. The molecule has 0 radical (unpaired) electrons. The number of allylic oxidation sites excluding steroid dienone is 16. The standard InChI is InChI=1S/C59H56N4.C8H10/c1-40-15-9-23-50(33-40)61(51-24-10-16-41(2)34-51)32-14-27-57-44(5)54-39-58(62(52-25-11-17-42(3)35-52)53-26-12-18-43(4)36-53)55-38-56(55)59(54)63(57)49-30-28-47(29-31-49)60-48-22-13-21-45-19-7-6-8-20-46(45)37-48;1-2-4-7-6-8(7)5-3-1/h6-7,9-26,28-36,39,55-57,60H,5,8,27,37-38H2,1-4H3;2-5,7-8H,1,6H2/b32-14+;. The van der Waals surface area contributed by atoms with Crippen LogP contribution in [0.3, 0.4) is 0 Å². The minimum absolute atomic E-state index is 0.0564. The van der Waals surface area contributed by atoms with E-state index in [0.29, 0.717) is 11.8 Å². The third-order valence-corrected chi connectivity index (χ3v) is 15.0. The van der Waals surface area contributed by atoms with E-state index in [1.807, 2.05) is 0 Å². The summed E-state index contributed by atoms with van der Waals surface area (Å²) in [6, 6.07) is 44.6. The largest absolute Gasteiger partial charge is 0.359 e. The SMILES string of the molecule is C1=CC2CC2C=CC1.C=C1C2=C(C3CC3C(N(c3cccc(C)c3)c3cccc(C)c3)=C2)N(c2ccc(NC3=CC=CC4=CC=CCC=C4C3)cc2)C1C/C=C/N(c1cccc(C)c1)c1cccc(C)c1. The molecule has 12 rings (SSSR count). The van der Waals surface area contributed by atoms with Crippen molar-refractivity contribution in [3.8, 4) is 0 Å². The van der Waals surface area contributed by atoms with Crippen LogP contribution in [0.1, 0.15) is 60.8 Å². The molecule has 5 aromatic rings. The highest BCUT2D eigenvalue weighted by Gasteiger charge is 2.53. The lowest BCUT2D eigenvalue weighted by molar-refractivity contribution is 0.723. The first kappa shape index (κ1) is 45.9. The first-order valence-electron chi connectivity index (χ1n) is 25.8. The van der Waals surface area contributed by atoms with Crippen LogP contribution in [0, 0.1) is 51.4 Å². The molecule has 2 saturated carbocycles. The van der Waals surface area contributed by atoms with E-state index in [9.17, 15) is 0 Å². The lowest BCUT2D eigenvalue weighted by atomic mass is 9.94. The second kappa shape index (κ2) is 20.0. The van der Waals surface area contributed by atoms with Crippen LogP contribution in [0.15, 0.2) is 252 Å². The summed E-state index contributed by atoms with van der Waals surface area (Å²) in [6.45, 7) is 13.6. The Labute approximate surface area is 422 Å². The molecule has 4 nitrogen and oxygen atoms in total. The van der Waals surface area contributed by atoms with Gasteiger partial charge in [0.1, 0.15) is 0 Å². The van der Waals surface area contributed by atoms with Crippen LogP contribution in [0.25, 0.3) is 0 Å². The number of hydrogen-bond acceptors (Lipinski definition) is 4. The summed E-state index contributed by atoms with van der Waals surface area (Å²) in [5, 5.41) is 3.77. The zero-order chi connectivity index (χ0) is 48.4. The van der Waals surface area contributed by atoms with Crippen molar-refractivity contribution < 1.29 is 0 Å². The van der Waals surface area contributed by atoms with Gasteiger partial charge >= 0.3 is 0 Å². The highest BCUT2D eigenvalue weighted by molar-refractivity contribution is 5.77. The zero-order valence-electron chi connectivity index (χ0n) is 41.8. The average molecular weight is 927 g/mol. The fraction of sp³-hybridized carbons (Fsp3) is 0.224. The van der Waals surface area contributed by atoms with E-state index in [1.54, 1.807) is 0 Å². The van der Waals surface area contributed by atoms with Crippen LogP contribution in [0.2, 0.25) is 0 Å². The summed E-state index contributed by atoms with van der Waals surface area (Å²) >= 11 is 0. The fourth-order valence-electron chi connectivity index (χ4n) is 11.2. The van der Waals surface area contributed by atoms with Crippen molar-refractivity contribution in [3.05, 3.63) is 275 Å². The number of aryl methyl sites for hydroxylation is 4. The highest BCUT2D eigenvalue weighted by atomic mass is 15.2. The van der Waals surface area contributed by atoms with E-state index >= 15 is 0 Å². The van der Waals surface area contributed by atoms with Gasteiger partial charge in [0, 0.05) is 81.2 Å². The molecule has 7 aliphatic rings. The molecule has 4 heteroatoms. The topological polar surface area (TPSA) is 21.8 Å². The van der Waals surface area contributed by atoms with Crippen LogP contribution in [-0.4, -0.2) is 6.04 Å². The molecule has 354 valence electrons. The molecule has 1 N–H and O–H groups in total.